The van der Waals surface area contributed by atoms with Gasteiger partial charge >= 0.3 is 0 Å². The Bertz CT molecular complexity index is 512. The SMILES string of the molecule is C1=CC2CCC(CCC3CCC4C=CC=CC43)C2C=C1.CCCCO.CCCCO.[CH3-].[CH3-].[Hf]. The fraction of sp³-hybridized carbons (Fsp3) is 0.667. The van der Waals surface area contributed by atoms with Crippen molar-refractivity contribution in [2.75, 3.05) is 13.2 Å². The summed E-state index contributed by atoms with van der Waals surface area (Å²) in [5.74, 6) is 5.36. The Morgan fingerprint density at radius 3 is 1.27 bits per heavy atom. The summed E-state index contributed by atoms with van der Waals surface area (Å²) < 4.78 is 0. The van der Waals surface area contributed by atoms with Crippen LogP contribution >= 0.6 is 0 Å². The summed E-state index contributed by atoms with van der Waals surface area (Å²) in [5, 5.41) is 16.1. The minimum atomic E-state index is 0. The average molecular weight is 623 g/mol. The van der Waals surface area contributed by atoms with E-state index >= 15 is 0 Å². The Hall–Kier alpha value is -0.250. The summed E-state index contributed by atoms with van der Waals surface area (Å²) >= 11 is 0. The Kier molecular flexibility index (Phi) is 22.3. The first kappa shape index (κ1) is 34.9. The van der Waals surface area contributed by atoms with E-state index in [4.69, 9.17) is 10.2 Å². The van der Waals surface area contributed by atoms with E-state index < -0.39 is 0 Å². The van der Waals surface area contributed by atoms with E-state index in [0.29, 0.717) is 13.2 Å². The van der Waals surface area contributed by atoms with Crippen LogP contribution in [-0.4, -0.2) is 23.4 Å². The molecule has 0 amide bonds. The maximum absolute atomic E-state index is 8.07. The second-order valence-corrected chi connectivity index (χ2v) is 9.43. The fourth-order valence-electron chi connectivity index (χ4n) is 5.55. The fourth-order valence-corrected chi connectivity index (χ4v) is 5.55. The van der Waals surface area contributed by atoms with Crippen molar-refractivity contribution < 1.29 is 36.1 Å². The maximum Gasteiger partial charge on any atom is 0.0430 e. The molecular formula is C30H52HfO2-2. The van der Waals surface area contributed by atoms with Gasteiger partial charge in [-0.3, -0.25) is 0 Å². The third-order valence-electron chi connectivity index (χ3n) is 7.36. The summed E-state index contributed by atoms with van der Waals surface area (Å²) in [5.41, 5.74) is 0. The molecule has 0 aromatic rings. The minimum Gasteiger partial charge on any atom is -0.396 e. The summed E-state index contributed by atoms with van der Waals surface area (Å²) in [4.78, 5) is 0. The number of rotatable bonds is 7. The smallest absolute Gasteiger partial charge is 0.0430 e. The number of hydrogen-bond acceptors (Lipinski definition) is 2. The molecule has 4 rings (SSSR count). The van der Waals surface area contributed by atoms with Gasteiger partial charge in [-0.1, -0.05) is 75.3 Å². The van der Waals surface area contributed by atoms with Crippen molar-refractivity contribution in [2.24, 2.45) is 35.5 Å². The van der Waals surface area contributed by atoms with Crippen LogP contribution in [0.3, 0.4) is 0 Å². The molecular weight excluding hydrogens is 571 g/mol. The molecule has 3 heteroatoms. The molecule has 190 valence electrons. The summed E-state index contributed by atoms with van der Waals surface area (Å²) in [6.45, 7) is 4.79. The maximum atomic E-state index is 8.07. The number of aliphatic hydroxyl groups is 2. The molecule has 0 aliphatic heterocycles. The van der Waals surface area contributed by atoms with Gasteiger partial charge in [0.05, 0.1) is 0 Å². The van der Waals surface area contributed by atoms with Gasteiger partial charge in [0, 0.05) is 39.1 Å². The Labute approximate surface area is 225 Å². The van der Waals surface area contributed by atoms with E-state index in [-0.39, 0.29) is 40.7 Å². The van der Waals surface area contributed by atoms with Crippen molar-refractivity contribution in [1.82, 2.24) is 0 Å². The summed E-state index contributed by atoms with van der Waals surface area (Å²) in [6, 6.07) is 0. The van der Waals surface area contributed by atoms with E-state index in [1.165, 1.54) is 38.5 Å². The van der Waals surface area contributed by atoms with Crippen molar-refractivity contribution in [1.29, 1.82) is 0 Å². The zero-order valence-electron chi connectivity index (χ0n) is 22.0. The van der Waals surface area contributed by atoms with E-state index in [0.717, 1.165) is 61.2 Å². The predicted molar refractivity (Wildman–Crippen MR) is 142 cm³/mol. The van der Waals surface area contributed by atoms with Crippen LogP contribution in [0.15, 0.2) is 48.6 Å². The van der Waals surface area contributed by atoms with Gasteiger partial charge in [-0.05, 0) is 86.9 Å². The van der Waals surface area contributed by atoms with Crippen LogP contribution in [0.1, 0.15) is 78.1 Å². The van der Waals surface area contributed by atoms with E-state index in [2.05, 4.69) is 62.5 Å². The number of hydrogen-bond donors (Lipinski definition) is 2. The van der Waals surface area contributed by atoms with Crippen molar-refractivity contribution in [3.05, 3.63) is 63.5 Å². The van der Waals surface area contributed by atoms with Crippen molar-refractivity contribution in [3.8, 4) is 0 Å². The second-order valence-electron chi connectivity index (χ2n) is 9.43. The van der Waals surface area contributed by atoms with Crippen LogP contribution in [0.25, 0.3) is 0 Å². The van der Waals surface area contributed by atoms with Gasteiger partial charge in [0.1, 0.15) is 0 Å². The van der Waals surface area contributed by atoms with Gasteiger partial charge < -0.3 is 25.1 Å². The van der Waals surface area contributed by atoms with Crippen LogP contribution < -0.4 is 0 Å². The molecule has 2 fully saturated rings. The summed E-state index contributed by atoms with van der Waals surface area (Å²) in [7, 11) is 0. The molecule has 6 atom stereocenters. The average Bonchev–Trinajstić information content (AvgIpc) is 3.38. The molecule has 0 heterocycles. The monoisotopic (exact) mass is 624 g/mol. The number of aliphatic hydroxyl groups excluding tert-OH is 2. The first-order valence-electron chi connectivity index (χ1n) is 12.7. The van der Waals surface area contributed by atoms with Crippen molar-refractivity contribution >= 4 is 0 Å². The van der Waals surface area contributed by atoms with Gasteiger partial charge in [0.25, 0.3) is 0 Å². The van der Waals surface area contributed by atoms with Crippen LogP contribution in [0.5, 0.6) is 0 Å². The molecule has 4 aliphatic carbocycles. The molecule has 0 aromatic carbocycles. The molecule has 6 unspecified atom stereocenters. The van der Waals surface area contributed by atoms with Gasteiger partial charge in [-0.2, -0.15) is 0 Å². The molecule has 33 heavy (non-hydrogen) atoms. The van der Waals surface area contributed by atoms with Gasteiger partial charge in [-0.25, -0.2) is 0 Å². The second kappa shape index (κ2) is 21.1. The van der Waals surface area contributed by atoms with Crippen LogP contribution in [0.2, 0.25) is 0 Å². The molecule has 4 aliphatic rings. The first-order chi connectivity index (χ1) is 14.7. The van der Waals surface area contributed by atoms with Crippen molar-refractivity contribution in [2.45, 2.75) is 78.1 Å². The van der Waals surface area contributed by atoms with Gasteiger partial charge in [0.15, 0.2) is 0 Å². The summed E-state index contributed by atoms with van der Waals surface area (Å²) in [6.07, 6.45) is 31.7. The molecule has 0 aromatic heterocycles. The molecule has 0 spiro atoms. The van der Waals surface area contributed by atoms with E-state index in [1.54, 1.807) is 0 Å². The molecule has 0 saturated heterocycles. The zero-order chi connectivity index (χ0) is 21.6. The molecule has 0 bridgehead atoms. The minimum absolute atomic E-state index is 0. The topological polar surface area (TPSA) is 40.5 Å². The zero-order valence-corrected chi connectivity index (χ0v) is 25.6. The Balaban J connectivity index is 0. The van der Waals surface area contributed by atoms with Crippen LogP contribution in [-0.2, 0) is 25.8 Å². The third kappa shape index (κ3) is 11.8. The Morgan fingerprint density at radius 2 is 0.970 bits per heavy atom. The Morgan fingerprint density at radius 1 is 0.606 bits per heavy atom. The molecule has 2 N–H and O–H groups in total. The first-order valence-corrected chi connectivity index (χ1v) is 12.7. The molecule has 2 nitrogen and oxygen atoms in total. The third-order valence-corrected chi connectivity index (χ3v) is 7.36. The predicted octanol–water partition coefficient (Wildman–Crippen LogP) is 7.76. The van der Waals surface area contributed by atoms with Crippen molar-refractivity contribution in [3.63, 3.8) is 0 Å². The standard InChI is InChI=1S/C20H26.2C4H10O.2CH3.Hf/c1-3-7-19-15(5-1)9-11-17(19)13-14-18-12-10-16-6-2-4-8-20(16)18;2*1-2-3-4-5;;;/h1-8,15-20H,9-14H2;2*5H,2-4H2,1H3;2*1H3;/q;;;2*-1;. The number of allylic oxidation sites excluding steroid dienone is 8. The largest absolute Gasteiger partial charge is 0.396 e. The van der Waals surface area contributed by atoms with E-state index in [9.17, 15) is 0 Å². The normalized spacial score (nSPS) is 29.7. The number of unbranched alkanes of at least 4 members (excludes halogenated alkanes) is 2. The quantitative estimate of drug-likeness (QED) is 0.225. The van der Waals surface area contributed by atoms with Gasteiger partial charge in [0.2, 0.25) is 0 Å². The molecule has 0 radical (unpaired) electrons. The van der Waals surface area contributed by atoms with Crippen LogP contribution in [0.4, 0.5) is 0 Å². The van der Waals surface area contributed by atoms with Gasteiger partial charge in [-0.15, -0.1) is 0 Å². The van der Waals surface area contributed by atoms with Crippen LogP contribution in [0, 0.1) is 50.4 Å². The number of fused-ring (bicyclic) bond motifs is 2. The van der Waals surface area contributed by atoms with E-state index in [1.807, 2.05) is 0 Å². The molecule has 2 saturated carbocycles.